The van der Waals surface area contributed by atoms with Gasteiger partial charge in [-0.1, -0.05) is 35.8 Å². The average molecular weight is 296 g/mol. The molecule has 0 radical (unpaired) electrons. The number of ketones is 1. The van der Waals surface area contributed by atoms with Gasteiger partial charge in [-0.05, 0) is 24.6 Å². The maximum Gasteiger partial charge on any atom is 0.142 e. The highest BCUT2D eigenvalue weighted by molar-refractivity contribution is 9.10. The number of carbonyl (C=O) groups is 1. The van der Waals surface area contributed by atoms with E-state index in [9.17, 15) is 4.79 Å². The van der Waals surface area contributed by atoms with Gasteiger partial charge in [0.25, 0.3) is 0 Å². The molecule has 0 aromatic heterocycles. The van der Waals surface area contributed by atoms with Crippen LogP contribution in [0.15, 0.2) is 22.7 Å². The molecule has 1 fully saturated rings. The smallest absolute Gasteiger partial charge is 0.142 e. The van der Waals surface area contributed by atoms with Crippen LogP contribution < -0.4 is 4.90 Å². The van der Waals surface area contributed by atoms with Crippen LogP contribution in [0, 0.1) is 12.3 Å². The summed E-state index contributed by atoms with van der Waals surface area (Å²) in [6, 6.07) is 6.38. The van der Waals surface area contributed by atoms with Gasteiger partial charge in [0.15, 0.2) is 0 Å². The summed E-state index contributed by atoms with van der Waals surface area (Å²) < 4.78 is 1.13. The van der Waals surface area contributed by atoms with Gasteiger partial charge in [0, 0.05) is 35.1 Å². The van der Waals surface area contributed by atoms with Gasteiger partial charge in [-0.3, -0.25) is 4.79 Å². The van der Waals surface area contributed by atoms with E-state index in [4.69, 9.17) is 0 Å². The van der Waals surface area contributed by atoms with Crippen LogP contribution in [0.1, 0.15) is 25.8 Å². The van der Waals surface area contributed by atoms with E-state index in [1.165, 1.54) is 11.3 Å². The van der Waals surface area contributed by atoms with Crippen molar-refractivity contribution in [2.75, 3.05) is 18.0 Å². The van der Waals surface area contributed by atoms with Gasteiger partial charge in [-0.2, -0.15) is 0 Å². The third-order valence-electron chi connectivity index (χ3n) is 3.47. The van der Waals surface area contributed by atoms with Crippen LogP contribution in [0.5, 0.6) is 0 Å². The number of nitrogens with zero attached hydrogens (tertiary/aromatic N) is 1. The Morgan fingerprint density at radius 3 is 2.65 bits per heavy atom. The van der Waals surface area contributed by atoms with Crippen molar-refractivity contribution >= 4 is 27.4 Å². The Morgan fingerprint density at radius 2 is 2.06 bits per heavy atom. The van der Waals surface area contributed by atoms with E-state index in [0.29, 0.717) is 12.2 Å². The van der Waals surface area contributed by atoms with E-state index in [-0.39, 0.29) is 5.41 Å². The van der Waals surface area contributed by atoms with Crippen LogP contribution in [-0.4, -0.2) is 18.9 Å². The second-order valence-corrected chi connectivity index (χ2v) is 6.27. The molecule has 3 heteroatoms. The normalized spacial score (nSPS) is 19.5. The van der Waals surface area contributed by atoms with Crippen molar-refractivity contribution in [1.82, 2.24) is 0 Å². The second kappa shape index (κ2) is 4.45. The van der Waals surface area contributed by atoms with Crippen LogP contribution >= 0.6 is 15.9 Å². The van der Waals surface area contributed by atoms with Crippen molar-refractivity contribution in [3.05, 3.63) is 28.2 Å². The van der Waals surface area contributed by atoms with Gasteiger partial charge < -0.3 is 4.90 Å². The van der Waals surface area contributed by atoms with E-state index in [2.05, 4.69) is 46.0 Å². The highest BCUT2D eigenvalue weighted by atomic mass is 79.9. The lowest BCUT2D eigenvalue weighted by Crippen LogP contribution is -2.46. The molecule has 92 valence electrons. The minimum absolute atomic E-state index is 0.227. The molecule has 2 nitrogen and oxygen atoms in total. The van der Waals surface area contributed by atoms with E-state index in [0.717, 1.165) is 17.6 Å². The van der Waals surface area contributed by atoms with Gasteiger partial charge in [0.1, 0.15) is 5.78 Å². The minimum Gasteiger partial charge on any atom is -0.370 e. The van der Waals surface area contributed by atoms with Crippen LogP contribution in [0.3, 0.4) is 0 Å². The summed E-state index contributed by atoms with van der Waals surface area (Å²) in [5, 5.41) is 0. The van der Waals surface area contributed by atoms with Crippen molar-refractivity contribution in [2.45, 2.75) is 27.2 Å². The molecule has 0 aliphatic carbocycles. The second-order valence-electron chi connectivity index (χ2n) is 5.41. The molecule has 0 N–H and O–H groups in total. The quantitative estimate of drug-likeness (QED) is 0.789. The summed E-state index contributed by atoms with van der Waals surface area (Å²) in [5.74, 6) is 0.375. The lowest BCUT2D eigenvalue weighted by molar-refractivity contribution is -0.127. The molecule has 0 bridgehead atoms. The number of benzene rings is 1. The molecule has 1 saturated heterocycles. The number of halogens is 1. The fourth-order valence-electron chi connectivity index (χ4n) is 2.22. The Hall–Kier alpha value is -0.830. The Balaban J connectivity index is 2.23. The number of hydrogen-bond donors (Lipinski definition) is 0. The number of carbonyl (C=O) groups excluding carboxylic acids is 1. The molecule has 1 aromatic carbocycles. The third kappa shape index (κ3) is 2.54. The van der Waals surface area contributed by atoms with Gasteiger partial charge in [0.2, 0.25) is 0 Å². The highest BCUT2D eigenvalue weighted by Crippen LogP contribution is 2.31. The van der Waals surface area contributed by atoms with Crippen LogP contribution in [-0.2, 0) is 4.79 Å². The monoisotopic (exact) mass is 295 g/mol. The van der Waals surface area contributed by atoms with E-state index >= 15 is 0 Å². The standard InChI is InChI=1S/C14H18BrNO/c1-10-4-5-11(8-12(10)15)16-7-6-13(17)14(2,3)9-16/h4-5,8H,6-7,9H2,1-3H3. The summed E-state index contributed by atoms with van der Waals surface area (Å²) in [5.41, 5.74) is 2.21. The van der Waals surface area contributed by atoms with Crippen LogP contribution in [0.25, 0.3) is 0 Å². The minimum atomic E-state index is -0.227. The fraction of sp³-hybridized carbons (Fsp3) is 0.500. The summed E-state index contributed by atoms with van der Waals surface area (Å²) in [6.07, 6.45) is 0.651. The van der Waals surface area contributed by atoms with E-state index < -0.39 is 0 Å². The zero-order valence-electron chi connectivity index (χ0n) is 10.6. The first kappa shape index (κ1) is 12.6. The zero-order chi connectivity index (χ0) is 12.6. The molecule has 0 atom stereocenters. The number of Topliss-reactive ketones (excluding diaryl/α,β-unsaturated/α-hetero) is 1. The number of anilines is 1. The van der Waals surface area contributed by atoms with Crippen LogP contribution in [0.2, 0.25) is 0 Å². The Morgan fingerprint density at radius 1 is 1.35 bits per heavy atom. The Kier molecular flexibility index (Phi) is 3.30. The topological polar surface area (TPSA) is 20.3 Å². The van der Waals surface area contributed by atoms with E-state index in [1.807, 2.05) is 13.8 Å². The third-order valence-corrected chi connectivity index (χ3v) is 4.32. The van der Waals surface area contributed by atoms with Crippen molar-refractivity contribution in [3.8, 4) is 0 Å². The number of piperidine rings is 1. The van der Waals surface area contributed by atoms with Gasteiger partial charge in [-0.25, -0.2) is 0 Å². The maximum atomic E-state index is 11.8. The molecule has 2 rings (SSSR count). The number of hydrogen-bond acceptors (Lipinski definition) is 2. The largest absolute Gasteiger partial charge is 0.370 e. The Bertz CT molecular complexity index is 454. The first-order chi connectivity index (χ1) is 7.90. The molecule has 1 heterocycles. The number of aryl methyl sites for hydroxylation is 1. The first-order valence-corrected chi connectivity index (χ1v) is 6.74. The SMILES string of the molecule is Cc1ccc(N2CCC(=O)C(C)(C)C2)cc1Br. The predicted octanol–water partition coefficient (Wildman–Crippen LogP) is 3.56. The Labute approximate surface area is 111 Å². The van der Waals surface area contributed by atoms with Gasteiger partial charge >= 0.3 is 0 Å². The predicted molar refractivity (Wildman–Crippen MR) is 74.5 cm³/mol. The molecule has 1 aliphatic rings. The van der Waals surface area contributed by atoms with Crippen molar-refractivity contribution < 1.29 is 4.79 Å². The summed E-state index contributed by atoms with van der Waals surface area (Å²) in [4.78, 5) is 14.1. The first-order valence-electron chi connectivity index (χ1n) is 5.94. The molecule has 0 saturated carbocycles. The lowest BCUT2D eigenvalue weighted by Gasteiger charge is -2.38. The van der Waals surface area contributed by atoms with E-state index in [1.54, 1.807) is 0 Å². The summed E-state index contributed by atoms with van der Waals surface area (Å²) in [7, 11) is 0. The molecule has 1 aromatic rings. The van der Waals surface area contributed by atoms with Crippen molar-refractivity contribution in [2.24, 2.45) is 5.41 Å². The van der Waals surface area contributed by atoms with Crippen molar-refractivity contribution in [1.29, 1.82) is 0 Å². The molecular weight excluding hydrogens is 278 g/mol. The van der Waals surface area contributed by atoms with Gasteiger partial charge in [0.05, 0.1) is 0 Å². The molecule has 1 aliphatic heterocycles. The van der Waals surface area contributed by atoms with Crippen molar-refractivity contribution in [3.63, 3.8) is 0 Å². The van der Waals surface area contributed by atoms with Crippen LogP contribution in [0.4, 0.5) is 5.69 Å². The molecule has 0 spiro atoms. The molecule has 17 heavy (non-hydrogen) atoms. The zero-order valence-corrected chi connectivity index (χ0v) is 12.2. The lowest BCUT2D eigenvalue weighted by atomic mass is 9.82. The highest BCUT2D eigenvalue weighted by Gasteiger charge is 2.34. The number of rotatable bonds is 1. The fourth-order valence-corrected chi connectivity index (χ4v) is 2.58. The molecule has 0 unspecified atom stereocenters. The molecular formula is C14H18BrNO. The summed E-state index contributed by atoms with van der Waals surface area (Å²) in [6.45, 7) is 7.78. The molecule has 0 amide bonds. The average Bonchev–Trinajstić information content (AvgIpc) is 2.26. The summed E-state index contributed by atoms with van der Waals surface area (Å²) >= 11 is 3.56. The maximum absolute atomic E-state index is 11.8. The van der Waals surface area contributed by atoms with Gasteiger partial charge in [-0.15, -0.1) is 0 Å².